The Morgan fingerprint density at radius 2 is 1.92 bits per heavy atom. The summed E-state index contributed by atoms with van der Waals surface area (Å²) in [5.41, 5.74) is 0. The van der Waals surface area contributed by atoms with Crippen LogP contribution in [0.2, 0.25) is 0 Å². The highest BCUT2D eigenvalue weighted by Crippen LogP contribution is 2.07. The Kier molecular flexibility index (Phi) is 6.65. The van der Waals surface area contributed by atoms with Gasteiger partial charge in [0, 0.05) is 6.42 Å². The molecule has 0 aliphatic rings. The summed E-state index contributed by atoms with van der Waals surface area (Å²) in [6.45, 7) is 8.96. The van der Waals surface area contributed by atoms with Crippen molar-refractivity contribution < 1.29 is 9.53 Å². The number of hydrogen-bond donors (Lipinski definition) is 0. The molecule has 0 N–H and O–H groups in total. The van der Waals surface area contributed by atoms with Crippen molar-refractivity contribution in [2.45, 2.75) is 47.0 Å². The van der Waals surface area contributed by atoms with Crippen molar-refractivity contribution in [1.29, 1.82) is 0 Å². The number of ether oxygens (including phenoxy) is 1. The predicted molar refractivity (Wildman–Crippen MR) is 54.5 cm³/mol. The van der Waals surface area contributed by atoms with E-state index in [2.05, 4.69) is 13.8 Å². The van der Waals surface area contributed by atoms with Gasteiger partial charge in [0.15, 0.2) is 0 Å². The molecule has 0 radical (unpaired) electrons. The van der Waals surface area contributed by atoms with Crippen LogP contribution in [0, 0.1) is 11.8 Å². The second-order valence-electron chi connectivity index (χ2n) is 4.12. The van der Waals surface area contributed by atoms with Gasteiger partial charge in [-0.1, -0.05) is 34.1 Å². The van der Waals surface area contributed by atoms with Crippen LogP contribution in [0.1, 0.15) is 47.0 Å². The lowest BCUT2D eigenvalue weighted by atomic mass is 10.1. The van der Waals surface area contributed by atoms with E-state index in [4.69, 9.17) is 4.74 Å². The molecule has 0 bridgehead atoms. The minimum Gasteiger partial charge on any atom is -0.466 e. The van der Waals surface area contributed by atoms with Crippen molar-refractivity contribution >= 4 is 5.97 Å². The van der Waals surface area contributed by atoms with Crippen LogP contribution in [-0.2, 0) is 9.53 Å². The first-order chi connectivity index (χ1) is 6.06. The van der Waals surface area contributed by atoms with E-state index in [9.17, 15) is 4.79 Å². The molecule has 1 atom stereocenters. The van der Waals surface area contributed by atoms with Crippen molar-refractivity contribution in [1.82, 2.24) is 0 Å². The Morgan fingerprint density at radius 3 is 2.38 bits per heavy atom. The Hall–Kier alpha value is -0.530. The first-order valence-corrected chi connectivity index (χ1v) is 5.21. The SMILES string of the molecule is CC[C@H](C)CCOC(=O)CC(C)C. The molecule has 2 heteroatoms. The second kappa shape index (κ2) is 6.93. The van der Waals surface area contributed by atoms with E-state index in [0.29, 0.717) is 24.9 Å². The molecule has 0 amide bonds. The largest absolute Gasteiger partial charge is 0.466 e. The Bertz CT molecular complexity index is 141. The number of esters is 1. The molecule has 0 aromatic carbocycles. The summed E-state index contributed by atoms with van der Waals surface area (Å²) < 4.78 is 5.09. The van der Waals surface area contributed by atoms with E-state index >= 15 is 0 Å². The monoisotopic (exact) mass is 186 g/mol. The fourth-order valence-electron chi connectivity index (χ4n) is 0.970. The second-order valence-corrected chi connectivity index (χ2v) is 4.12. The van der Waals surface area contributed by atoms with Gasteiger partial charge in [-0.15, -0.1) is 0 Å². The average molecular weight is 186 g/mol. The van der Waals surface area contributed by atoms with Gasteiger partial charge in [-0.05, 0) is 18.3 Å². The molecule has 78 valence electrons. The molecule has 0 unspecified atom stereocenters. The van der Waals surface area contributed by atoms with Crippen LogP contribution < -0.4 is 0 Å². The van der Waals surface area contributed by atoms with E-state index in [0.717, 1.165) is 12.8 Å². The first kappa shape index (κ1) is 12.5. The molecule has 0 fully saturated rings. The van der Waals surface area contributed by atoms with Crippen molar-refractivity contribution in [3.8, 4) is 0 Å². The maximum Gasteiger partial charge on any atom is 0.306 e. The lowest BCUT2D eigenvalue weighted by molar-refractivity contribution is -0.144. The molecule has 0 heterocycles. The lowest BCUT2D eigenvalue weighted by Gasteiger charge is -2.09. The van der Waals surface area contributed by atoms with Crippen LogP contribution in [-0.4, -0.2) is 12.6 Å². The number of rotatable bonds is 6. The van der Waals surface area contributed by atoms with Gasteiger partial charge in [0.25, 0.3) is 0 Å². The third-order valence-corrected chi connectivity index (χ3v) is 2.15. The molecular weight excluding hydrogens is 164 g/mol. The Labute approximate surface area is 81.7 Å². The van der Waals surface area contributed by atoms with Gasteiger partial charge in [-0.25, -0.2) is 0 Å². The summed E-state index contributed by atoms with van der Waals surface area (Å²) in [5, 5.41) is 0. The van der Waals surface area contributed by atoms with E-state index < -0.39 is 0 Å². The molecule has 0 aliphatic heterocycles. The summed E-state index contributed by atoms with van der Waals surface area (Å²) in [4.78, 5) is 11.1. The van der Waals surface area contributed by atoms with Crippen molar-refractivity contribution in [3.05, 3.63) is 0 Å². The van der Waals surface area contributed by atoms with E-state index in [1.807, 2.05) is 13.8 Å². The topological polar surface area (TPSA) is 26.3 Å². The van der Waals surface area contributed by atoms with Crippen LogP contribution in [0.5, 0.6) is 0 Å². The van der Waals surface area contributed by atoms with Crippen LogP contribution >= 0.6 is 0 Å². The predicted octanol–water partition coefficient (Wildman–Crippen LogP) is 3.01. The summed E-state index contributed by atoms with van der Waals surface area (Å²) in [7, 11) is 0. The van der Waals surface area contributed by atoms with Gasteiger partial charge >= 0.3 is 5.97 Å². The zero-order valence-electron chi connectivity index (χ0n) is 9.30. The van der Waals surface area contributed by atoms with Gasteiger partial charge in [0.05, 0.1) is 6.61 Å². The van der Waals surface area contributed by atoms with E-state index in [-0.39, 0.29) is 5.97 Å². The maximum absolute atomic E-state index is 11.1. The number of carbonyl (C=O) groups is 1. The molecule has 2 nitrogen and oxygen atoms in total. The highest BCUT2D eigenvalue weighted by Gasteiger charge is 2.06. The van der Waals surface area contributed by atoms with E-state index in [1.165, 1.54) is 0 Å². The fraction of sp³-hybridized carbons (Fsp3) is 0.909. The van der Waals surface area contributed by atoms with Gasteiger partial charge in [-0.3, -0.25) is 4.79 Å². The molecule has 13 heavy (non-hydrogen) atoms. The molecule has 0 aromatic heterocycles. The highest BCUT2D eigenvalue weighted by molar-refractivity contribution is 5.69. The molecule has 0 aromatic rings. The number of carbonyl (C=O) groups excluding carboxylic acids is 1. The molecule has 0 saturated carbocycles. The van der Waals surface area contributed by atoms with Crippen molar-refractivity contribution in [2.24, 2.45) is 11.8 Å². The van der Waals surface area contributed by atoms with Gasteiger partial charge in [-0.2, -0.15) is 0 Å². The van der Waals surface area contributed by atoms with Crippen LogP contribution in [0.25, 0.3) is 0 Å². The Morgan fingerprint density at radius 1 is 1.31 bits per heavy atom. The quantitative estimate of drug-likeness (QED) is 0.596. The molecule has 0 spiro atoms. The summed E-state index contributed by atoms with van der Waals surface area (Å²) in [6, 6.07) is 0. The zero-order valence-corrected chi connectivity index (χ0v) is 9.30. The fourth-order valence-corrected chi connectivity index (χ4v) is 0.970. The van der Waals surface area contributed by atoms with Crippen LogP contribution in [0.3, 0.4) is 0 Å². The van der Waals surface area contributed by atoms with Crippen molar-refractivity contribution in [2.75, 3.05) is 6.61 Å². The molecular formula is C11H22O2. The summed E-state index contributed by atoms with van der Waals surface area (Å²) in [5.74, 6) is 1.00. The normalized spacial score (nSPS) is 13.0. The van der Waals surface area contributed by atoms with E-state index in [1.54, 1.807) is 0 Å². The molecule has 0 rings (SSSR count). The van der Waals surface area contributed by atoms with Gasteiger partial charge in [0.2, 0.25) is 0 Å². The summed E-state index contributed by atoms with van der Waals surface area (Å²) >= 11 is 0. The maximum atomic E-state index is 11.1. The summed E-state index contributed by atoms with van der Waals surface area (Å²) in [6.07, 6.45) is 2.68. The molecule has 0 aliphatic carbocycles. The number of hydrogen-bond acceptors (Lipinski definition) is 2. The first-order valence-electron chi connectivity index (χ1n) is 5.21. The van der Waals surface area contributed by atoms with Crippen LogP contribution in [0.15, 0.2) is 0 Å². The van der Waals surface area contributed by atoms with Crippen LogP contribution in [0.4, 0.5) is 0 Å². The highest BCUT2D eigenvalue weighted by atomic mass is 16.5. The Balaban J connectivity index is 3.37. The van der Waals surface area contributed by atoms with Gasteiger partial charge < -0.3 is 4.74 Å². The minimum atomic E-state index is -0.0571. The van der Waals surface area contributed by atoms with Gasteiger partial charge in [0.1, 0.15) is 0 Å². The zero-order chi connectivity index (χ0) is 10.3. The molecule has 0 saturated heterocycles. The third kappa shape index (κ3) is 7.82. The minimum absolute atomic E-state index is 0.0571. The standard InChI is InChI=1S/C11H22O2/c1-5-10(4)6-7-13-11(12)8-9(2)3/h9-10H,5-8H2,1-4H3/t10-/m0/s1. The third-order valence-electron chi connectivity index (χ3n) is 2.15. The lowest BCUT2D eigenvalue weighted by Crippen LogP contribution is -2.10. The van der Waals surface area contributed by atoms with Crippen molar-refractivity contribution in [3.63, 3.8) is 0 Å². The average Bonchev–Trinajstić information content (AvgIpc) is 2.02. The smallest absolute Gasteiger partial charge is 0.306 e.